The molecule has 78 valence electrons. The maximum Gasteiger partial charge on any atom is 0.271 e. The van der Waals surface area contributed by atoms with Crippen LogP contribution in [-0.4, -0.2) is 9.97 Å². The van der Waals surface area contributed by atoms with Gasteiger partial charge in [0.2, 0.25) is 0 Å². The maximum absolute atomic E-state index is 11.1. The molecule has 6 heteroatoms. The van der Waals surface area contributed by atoms with Gasteiger partial charge in [-0.25, -0.2) is 4.98 Å². The lowest BCUT2D eigenvalue weighted by Gasteiger charge is -2.03. The Hall–Kier alpha value is -1.75. The quantitative estimate of drug-likeness (QED) is 0.833. The molecule has 0 aliphatic rings. The van der Waals surface area contributed by atoms with Crippen molar-refractivity contribution >= 4 is 17.4 Å². The number of nitrogens with zero attached hydrogens (tertiary/aromatic N) is 1. The standard InChI is InChI=1S/C9H8ClN3O2/c10-7-8(12-5-13-9(7)14)11-4-6-2-1-3-15-6/h1-3,5H,4H2,(H2,11,12,13,14). The zero-order valence-electron chi connectivity index (χ0n) is 7.66. The van der Waals surface area contributed by atoms with Crippen molar-refractivity contribution in [2.75, 3.05) is 5.32 Å². The van der Waals surface area contributed by atoms with Crippen molar-refractivity contribution in [3.05, 3.63) is 45.9 Å². The lowest BCUT2D eigenvalue weighted by molar-refractivity contribution is 0.518. The molecule has 0 saturated carbocycles. The molecule has 2 heterocycles. The number of nitrogens with one attached hydrogen (secondary N) is 2. The van der Waals surface area contributed by atoms with E-state index < -0.39 is 0 Å². The summed E-state index contributed by atoms with van der Waals surface area (Å²) >= 11 is 5.73. The predicted octanol–water partition coefficient (Wildman–Crippen LogP) is 1.63. The van der Waals surface area contributed by atoms with Crippen LogP contribution in [0.5, 0.6) is 0 Å². The number of hydrogen-bond acceptors (Lipinski definition) is 4. The van der Waals surface area contributed by atoms with Gasteiger partial charge in [0.05, 0.1) is 19.1 Å². The predicted molar refractivity (Wildman–Crippen MR) is 55.9 cm³/mol. The molecular weight excluding hydrogens is 218 g/mol. The van der Waals surface area contributed by atoms with Crippen molar-refractivity contribution in [2.24, 2.45) is 0 Å². The Morgan fingerprint density at radius 3 is 3.20 bits per heavy atom. The Balaban J connectivity index is 2.12. The average Bonchev–Trinajstić information content (AvgIpc) is 2.73. The molecule has 0 aromatic carbocycles. The molecule has 0 aliphatic carbocycles. The number of H-pyrrole nitrogens is 1. The van der Waals surface area contributed by atoms with E-state index >= 15 is 0 Å². The van der Waals surface area contributed by atoms with Gasteiger partial charge in [-0.2, -0.15) is 0 Å². The Morgan fingerprint density at radius 1 is 1.60 bits per heavy atom. The molecule has 2 aromatic rings. The smallest absolute Gasteiger partial charge is 0.271 e. The molecule has 2 N–H and O–H groups in total. The van der Waals surface area contributed by atoms with Gasteiger partial charge in [-0.1, -0.05) is 11.6 Å². The summed E-state index contributed by atoms with van der Waals surface area (Å²) in [5, 5.41) is 2.94. The Labute approximate surface area is 90.1 Å². The van der Waals surface area contributed by atoms with E-state index in [1.807, 2.05) is 6.07 Å². The third-order valence-electron chi connectivity index (χ3n) is 1.81. The SMILES string of the molecule is O=c1[nH]cnc(NCc2ccco2)c1Cl. The topological polar surface area (TPSA) is 70.9 Å². The maximum atomic E-state index is 11.1. The Bertz CT molecular complexity index is 492. The van der Waals surface area contributed by atoms with Crippen LogP contribution in [0.4, 0.5) is 5.82 Å². The molecule has 0 unspecified atom stereocenters. The lowest BCUT2D eigenvalue weighted by Crippen LogP contribution is -2.11. The average molecular weight is 226 g/mol. The van der Waals surface area contributed by atoms with E-state index in [1.165, 1.54) is 6.33 Å². The van der Waals surface area contributed by atoms with Gasteiger partial charge in [-0.3, -0.25) is 4.79 Å². The van der Waals surface area contributed by atoms with Crippen LogP contribution in [0.15, 0.2) is 33.9 Å². The largest absolute Gasteiger partial charge is 0.467 e. The van der Waals surface area contributed by atoms with Gasteiger partial charge in [0.25, 0.3) is 5.56 Å². The van der Waals surface area contributed by atoms with Crippen molar-refractivity contribution in [1.82, 2.24) is 9.97 Å². The molecule has 2 aromatic heterocycles. The number of hydrogen-bond donors (Lipinski definition) is 2. The first-order valence-corrected chi connectivity index (χ1v) is 4.64. The zero-order valence-corrected chi connectivity index (χ0v) is 8.41. The fraction of sp³-hybridized carbons (Fsp3) is 0.111. The minimum absolute atomic E-state index is 0.0454. The van der Waals surface area contributed by atoms with Crippen molar-refractivity contribution in [3.8, 4) is 0 Å². The highest BCUT2D eigenvalue weighted by Crippen LogP contribution is 2.13. The second kappa shape index (κ2) is 4.18. The highest BCUT2D eigenvalue weighted by atomic mass is 35.5. The first-order valence-electron chi connectivity index (χ1n) is 4.27. The molecule has 0 radical (unpaired) electrons. The van der Waals surface area contributed by atoms with Crippen molar-refractivity contribution in [3.63, 3.8) is 0 Å². The summed E-state index contributed by atoms with van der Waals surface area (Å²) in [6, 6.07) is 3.60. The first kappa shape index (κ1) is 9.79. The van der Waals surface area contributed by atoms with Gasteiger partial charge in [-0.15, -0.1) is 0 Å². The van der Waals surface area contributed by atoms with Crippen LogP contribution in [0.25, 0.3) is 0 Å². The second-order valence-corrected chi connectivity index (χ2v) is 3.21. The van der Waals surface area contributed by atoms with Crippen molar-refractivity contribution < 1.29 is 4.42 Å². The van der Waals surface area contributed by atoms with Crippen molar-refractivity contribution in [2.45, 2.75) is 6.54 Å². The minimum atomic E-state index is -0.367. The van der Waals surface area contributed by atoms with E-state index in [4.69, 9.17) is 16.0 Å². The molecule has 5 nitrogen and oxygen atoms in total. The first-order chi connectivity index (χ1) is 7.27. The third-order valence-corrected chi connectivity index (χ3v) is 2.16. The van der Waals surface area contributed by atoms with Crippen LogP contribution in [0.2, 0.25) is 5.02 Å². The monoisotopic (exact) mass is 225 g/mol. The summed E-state index contributed by atoms with van der Waals surface area (Å²) in [7, 11) is 0. The van der Waals surface area contributed by atoms with E-state index in [0.717, 1.165) is 5.76 Å². The summed E-state index contributed by atoms with van der Waals surface area (Å²) in [5.41, 5.74) is -0.367. The van der Waals surface area contributed by atoms with E-state index in [0.29, 0.717) is 12.4 Å². The molecular formula is C9H8ClN3O2. The van der Waals surface area contributed by atoms with Gasteiger partial charge in [-0.05, 0) is 12.1 Å². The summed E-state index contributed by atoms with van der Waals surface area (Å²) in [5.74, 6) is 1.09. The van der Waals surface area contributed by atoms with Crippen LogP contribution < -0.4 is 10.9 Å². The molecule has 2 rings (SSSR count). The molecule has 0 saturated heterocycles. The van der Waals surface area contributed by atoms with Gasteiger partial charge < -0.3 is 14.7 Å². The number of furan rings is 1. The Kier molecular flexibility index (Phi) is 2.73. The summed E-state index contributed by atoms with van der Waals surface area (Å²) in [6.45, 7) is 0.434. The van der Waals surface area contributed by atoms with E-state index in [-0.39, 0.29) is 10.6 Å². The zero-order chi connectivity index (χ0) is 10.7. The van der Waals surface area contributed by atoms with E-state index in [2.05, 4.69) is 15.3 Å². The van der Waals surface area contributed by atoms with Crippen LogP contribution >= 0.6 is 11.6 Å². The number of rotatable bonds is 3. The lowest BCUT2D eigenvalue weighted by atomic mass is 10.4. The minimum Gasteiger partial charge on any atom is -0.467 e. The second-order valence-electron chi connectivity index (χ2n) is 2.83. The molecule has 0 atom stereocenters. The molecule has 0 amide bonds. The van der Waals surface area contributed by atoms with Crippen LogP contribution in [0.3, 0.4) is 0 Å². The summed E-state index contributed by atoms with van der Waals surface area (Å²) < 4.78 is 5.11. The highest BCUT2D eigenvalue weighted by Gasteiger charge is 2.05. The molecule has 15 heavy (non-hydrogen) atoms. The fourth-order valence-electron chi connectivity index (χ4n) is 1.09. The number of aromatic amines is 1. The molecule has 0 aliphatic heterocycles. The third kappa shape index (κ3) is 2.19. The molecule has 0 spiro atoms. The summed E-state index contributed by atoms with van der Waals surface area (Å²) in [6.07, 6.45) is 2.86. The fourth-order valence-corrected chi connectivity index (χ4v) is 1.26. The molecule has 0 bridgehead atoms. The van der Waals surface area contributed by atoms with Gasteiger partial charge in [0, 0.05) is 0 Å². The van der Waals surface area contributed by atoms with Gasteiger partial charge in [0.1, 0.15) is 10.8 Å². The van der Waals surface area contributed by atoms with Gasteiger partial charge >= 0.3 is 0 Å². The van der Waals surface area contributed by atoms with Crippen molar-refractivity contribution in [1.29, 1.82) is 0 Å². The summed E-state index contributed by atoms with van der Waals surface area (Å²) in [4.78, 5) is 17.4. The van der Waals surface area contributed by atoms with Crippen LogP contribution in [0.1, 0.15) is 5.76 Å². The van der Waals surface area contributed by atoms with Crippen LogP contribution in [0, 0.1) is 0 Å². The Morgan fingerprint density at radius 2 is 2.47 bits per heavy atom. The normalized spacial score (nSPS) is 10.2. The van der Waals surface area contributed by atoms with E-state index in [9.17, 15) is 4.79 Å². The van der Waals surface area contributed by atoms with E-state index in [1.54, 1.807) is 12.3 Å². The van der Waals surface area contributed by atoms with Gasteiger partial charge in [0.15, 0.2) is 5.82 Å². The number of aromatic nitrogens is 2. The molecule has 0 fully saturated rings. The van der Waals surface area contributed by atoms with Crippen LogP contribution in [-0.2, 0) is 6.54 Å². The number of anilines is 1. The highest BCUT2D eigenvalue weighted by molar-refractivity contribution is 6.32. The number of halogens is 1.